The Hall–Kier alpha value is -1.71. The largest absolute Gasteiger partial charge is 0.289 e. The van der Waals surface area contributed by atoms with E-state index >= 15 is 0 Å². The van der Waals surface area contributed by atoms with E-state index in [-0.39, 0.29) is 11.5 Å². The van der Waals surface area contributed by atoms with Crippen LogP contribution < -0.4 is 10.5 Å². The molecule has 1 unspecified atom stereocenters. The quantitative estimate of drug-likeness (QED) is 0.391. The second kappa shape index (κ2) is 8.80. The van der Waals surface area contributed by atoms with Crippen LogP contribution >= 0.6 is 34.4 Å². The van der Waals surface area contributed by atoms with Gasteiger partial charge in [0.15, 0.2) is 10.3 Å². The SMILES string of the molecule is CCN(C(C)=O)c1nc(CSc2nc3sc4c(c3c(=O)n2CC)CCC(C)C4)cs1. The molecule has 1 aliphatic carbocycles. The van der Waals surface area contributed by atoms with Crippen molar-refractivity contribution < 1.29 is 4.79 Å². The Morgan fingerprint density at radius 1 is 1.37 bits per heavy atom. The number of amides is 1. The van der Waals surface area contributed by atoms with Crippen molar-refractivity contribution in [3.05, 3.63) is 31.9 Å². The zero-order valence-corrected chi connectivity index (χ0v) is 20.2. The second-order valence-corrected chi connectivity index (χ2v) is 10.5. The Morgan fingerprint density at radius 3 is 2.87 bits per heavy atom. The number of anilines is 1. The smallest absolute Gasteiger partial charge is 0.263 e. The summed E-state index contributed by atoms with van der Waals surface area (Å²) in [5.41, 5.74) is 2.22. The highest BCUT2D eigenvalue weighted by molar-refractivity contribution is 7.98. The molecule has 9 heteroatoms. The molecule has 0 N–H and O–H groups in total. The number of aromatic nitrogens is 3. The summed E-state index contributed by atoms with van der Waals surface area (Å²) in [6, 6.07) is 0. The third-order valence-electron chi connectivity index (χ3n) is 5.51. The normalized spacial score (nSPS) is 16.1. The fourth-order valence-corrected chi connectivity index (χ4v) is 7.33. The third kappa shape index (κ3) is 3.94. The molecule has 0 aliphatic heterocycles. The number of hydrogen-bond donors (Lipinski definition) is 0. The molecular weight excluding hydrogens is 436 g/mol. The van der Waals surface area contributed by atoms with Crippen LogP contribution in [0.4, 0.5) is 5.13 Å². The van der Waals surface area contributed by atoms with Crippen molar-refractivity contribution in [3.8, 4) is 0 Å². The lowest BCUT2D eigenvalue weighted by atomic mass is 9.89. The van der Waals surface area contributed by atoms with Crippen molar-refractivity contribution in [2.45, 2.75) is 64.4 Å². The topological polar surface area (TPSA) is 68.1 Å². The molecule has 3 aromatic heterocycles. The molecule has 1 atom stereocenters. The lowest BCUT2D eigenvalue weighted by Crippen LogP contribution is -2.27. The fourth-order valence-electron chi connectivity index (χ4n) is 3.91. The molecule has 4 rings (SSSR count). The van der Waals surface area contributed by atoms with Crippen molar-refractivity contribution >= 4 is 55.7 Å². The van der Waals surface area contributed by atoms with Crippen LogP contribution in [0, 0.1) is 5.92 Å². The molecule has 1 aliphatic rings. The van der Waals surface area contributed by atoms with E-state index in [2.05, 4.69) is 11.9 Å². The minimum absolute atomic E-state index is 0.00558. The van der Waals surface area contributed by atoms with Crippen molar-refractivity contribution in [2.24, 2.45) is 5.92 Å². The average molecular weight is 463 g/mol. The lowest BCUT2D eigenvalue weighted by molar-refractivity contribution is -0.116. The van der Waals surface area contributed by atoms with Crippen LogP contribution in [0.3, 0.4) is 0 Å². The van der Waals surface area contributed by atoms with E-state index in [0.717, 1.165) is 45.5 Å². The van der Waals surface area contributed by atoms with Gasteiger partial charge in [0.05, 0.1) is 11.1 Å². The number of hydrogen-bond acceptors (Lipinski definition) is 7. The van der Waals surface area contributed by atoms with Crippen LogP contribution in [0.15, 0.2) is 15.3 Å². The number of nitrogens with zero attached hydrogens (tertiary/aromatic N) is 4. The number of aryl methyl sites for hydroxylation is 1. The average Bonchev–Trinajstić information content (AvgIpc) is 3.30. The lowest BCUT2D eigenvalue weighted by Gasteiger charge is -2.17. The van der Waals surface area contributed by atoms with Crippen molar-refractivity contribution in [1.82, 2.24) is 14.5 Å². The van der Waals surface area contributed by atoms with Crippen LogP contribution in [-0.2, 0) is 29.9 Å². The Morgan fingerprint density at radius 2 is 2.17 bits per heavy atom. The first-order valence-electron chi connectivity index (χ1n) is 10.3. The van der Waals surface area contributed by atoms with Gasteiger partial charge in [-0.15, -0.1) is 22.7 Å². The van der Waals surface area contributed by atoms with Gasteiger partial charge >= 0.3 is 0 Å². The molecule has 0 saturated heterocycles. The molecule has 0 spiro atoms. The first-order chi connectivity index (χ1) is 14.4. The molecule has 0 saturated carbocycles. The van der Waals surface area contributed by atoms with Gasteiger partial charge in [0.1, 0.15) is 4.83 Å². The van der Waals surface area contributed by atoms with E-state index in [1.54, 1.807) is 39.5 Å². The van der Waals surface area contributed by atoms with Crippen LogP contribution in [0.5, 0.6) is 0 Å². The van der Waals surface area contributed by atoms with Crippen molar-refractivity contribution in [1.29, 1.82) is 0 Å². The number of carbonyl (C=O) groups is 1. The van der Waals surface area contributed by atoms with Gasteiger partial charge in [-0.3, -0.25) is 19.1 Å². The summed E-state index contributed by atoms with van der Waals surface area (Å²) in [5, 5.41) is 4.28. The highest BCUT2D eigenvalue weighted by Gasteiger charge is 2.24. The summed E-state index contributed by atoms with van der Waals surface area (Å²) in [6.45, 7) is 8.97. The van der Waals surface area contributed by atoms with Gasteiger partial charge in [0, 0.05) is 36.0 Å². The monoisotopic (exact) mass is 462 g/mol. The summed E-state index contributed by atoms with van der Waals surface area (Å²) in [5.74, 6) is 1.28. The van der Waals surface area contributed by atoms with E-state index in [4.69, 9.17) is 4.98 Å². The summed E-state index contributed by atoms with van der Waals surface area (Å²) in [4.78, 5) is 38.4. The highest BCUT2D eigenvalue weighted by Crippen LogP contribution is 2.37. The maximum Gasteiger partial charge on any atom is 0.263 e. The molecular formula is C21H26N4O2S3. The molecule has 1 amide bonds. The molecule has 6 nitrogen and oxygen atoms in total. The van der Waals surface area contributed by atoms with Gasteiger partial charge in [-0.25, -0.2) is 9.97 Å². The first-order valence-corrected chi connectivity index (χ1v) is 13.0. The number of thiophene rings is 1. The van der Waals surface area contributed by atoms with Gasteiger partial charge in [-0.05, 0) is 44.6 Å². The number of rotatable bonds is 6. The molecule has 0 fully saturated rings. The summed E-state index contributed by atoms with van der Waals surface area (Å²) < 4.78 is 1.79. The predicted molar refractivity (Wildman–Crippen MR) is 126 cm³/mol. The number of thiazole rings is 1. The minimum Gasteiger partial charge on any atom is -0.289 e. The summed E-state index contributed by atoms with van der Waals surface area (Å²) in [6.07, 6.45) is 3.17. The molecule has 160 valence electrons. The zero-order valence-electron chi connectivity index (χ0n) is 17.7. The fraction of sp³-hybridized carbons (Fsp3) is 0.524. The van der Waals surface area contributed by atoms with E-state index in [0.29, 0.717) is 24.8 Å². The van der Waals surface area contributed by atoms with Gasteiger partial charge in [0.25, 0.3) is 5.56 Å². The third-order valence-corrected chi connectivity index (χ3v) is 8.58. The number of carbonyl (C=O) groups excluding carboxylic acids is 1. The zero-order chi connectivity index (χ0) is 21.4. The molecule has 30 heavy (non-hydrogen) atoms. The van der Waals surface area contributed by atoms with Gasteiger partial charge in [-0.1, -0.05) is 18.7 Å². The number of thioether (sulfide) groups is 1. The molecule has 0 aromatic carbocycles. The van der Waals surface area contributed by atoms with E-state index in [1.165, 1.54) is 21.8 Å². The Kier molecular flexibility index (Phi) is 6.31. The van der Waals surface area contributed by atoms with Gasteiger partial charge in [0.2, 0.25) is 5.91 Å². The maximum absolute atomic E-state index is 13.3. The van der Waals surface area contributed by atoms with Crippen molar-refractivity contribution in [3.63, 3.8) is 0 Å². The van der Waals surface area contributed by atoms with Crippen LogP contribution in [0.25, 0.3) is 10.2 Å². The second-order valence-electron chi connectivity index (χ2n) is 7.65. The Labute approximate surface area is 188 Å². The van der Waals surface area contributed by atoms with Gasteiger partial charge in [-0.2, -0.15) is 0 Å². The first kappa shape index (κ1) is 21.5. The highest BCUT2D eigenvalue weighted by atomic mass is 32.2. The van der Waals surface area contributed by atoms with Crippen LogP contribution in [-0.4, -0.2) is 27.0 Å². The van der Waals surface area contributed by atoms with Crippen LogP contribution in [0.1, 0.15) is 50.3 Å². The molecule has 0 bridgehead atoms. The Bertz CT molecular complexity index is 1150. The molecule has 3 heterocycles. The van der Waals surface area contributed by atoms with Gasteiger partial charge < -0.3 is 0 Å². The predicted octanol–water partition coefficient (Wildman–Crippen LogP) is 4.72. The van der Waals surface area contributed by atoms with Crippen molar-refractivity contribution in [2.75, 3.05) is 11.4 Å². The summed E-state index contributed by atoms with van der Waals surface area (Å²) >= 11 is 4.71. The van der Waals surface area contributed by atoms with E-state index in [1.807, 2.05) is 19.2 Å². The van der Waals surface area contributed by atoms with Crippen LogP contribution in [0.2, 0.25) is 0 Å². The minimum atomic E-state index is -0.00558. The molecule has 0 radical (unpaired) electrons. The standard InChI is InChI=1S/C21H26N4O2S3/c1-5-24(13(4)26)20-22-14(10-28-20)11-29-21-23-18-17(19(27)25(21)6-2)15-8-7-12(3)9-16(15)30-18/h10,12H,5-9,11H2,1-4H3. The van der Waals surface area contributed by atoms with E-state index in [9.17, 15) is 9.59 Å². The summed E-state index contributed by atoms with van der Waals surface area (Å²) in [7, 11) is 0. The molecule has 3 aromatic rings. The Balaban J connectivity index is 1.63. The van der Waals surface area contributed by atoms with E-state index < -0.39 is 0 Å². The maximum atomic E-state index is 13.3. The number of fused-ring (bicyclic) bond motifs is 3.